The fourth-order valence-corrected chi connectivity index (χ4v) is 4.60. The van der Waals surface area contributed by atoms with Crippen molar-refractivity contribution < 1.29 is 4.79 Å². The number of thioether (sulfide) groups is 1. The van der Waals surface area contributed by atoms with Gasteiger partial charge in [-0.05, 0) is 49.3 Å². The summed E-state index contributed by atoms with van der Waals surface area (Å²) in [5.41, 5.74) is 3.48. The number of hydrogen-bond donors (Lipinski definition) is 1. The molecule has 2 aromatic carbocycles. The molecule has 0 saturated heterocycles. The summed E-state index contributed by atoms with van der Waals surface area (Å²) in [6, 6.07) is 19.2. The maximum Gasteiger partial charge on any atom is 0.230 e. The molecule has 1 heterocycles. The Hall–Kier alpha value is -2.60. The van der Waals surface area contributed by atoms with Crippen LogP contribution in [-0.2, 0) is 4.79 Å². The molecule has 0 spiro atoms. The standard InChI is InChI=1S/C24H26N4OS/c1-16(17-7-9-19(10-8-17)18-5-3-2-4-6-18)25-22(29)15-30-24-27-26-23(20-11-12-20)28(24)21-13-14-21/h2-10,16,20-21H,11-15H2,1H3,(H,25,29). The summed E-state index contributed by atoms with van der Waals surface area (Å²) >= 11 is 1.50. The second-order valence-corrected chi connectivity index (χ2v) is 9.22. The highest BCUT2D eigenvalue weighted by Crippen LogP contribution is 2.45. The molecule has 3 aromatic rings. The van der Waals surface area contributed by atoms with Gasteiger partial charge in [0.1, 0.15) is 5.82 Å². The minimum absolute atomic E-state index is 0.0259. The first-order valence-corrected chi connectivity index (χ1v) is 11.7. The van der Waals surface area contributed by atoms with Gasteiger partial charge in [-0.3, -0.25) is 4.79 Å². The second-order valence-electron chi connectivity index (χ2n) is 8.28. The zero-order valence-corrected chi connectivity index (χ0v) is 17.9. The first-order valence-electron chi connectivity index (χ1n) is 10.7. The summed E-state index contributed by atoms with van der Waals surface area (Å²) in [5, 5.41) is 12.8. The van der Waals surface area contributed by atoms with Gasteiger partial charge in [-0.25, -0.2) is 0 Å². The average Bonchev–Trinajstić information content (AvgIpc) is 3.72. The van der Waals surface area contributed by atoms with Crippen LogP contribution < -0.4 is 5.32 Å². The van der Waals surface area contributed by atoms with E-state index in [0.29, 0.717) is 17.7 Å². The van der Waals surface area contributed by atoms with Crippen LogP contribution in [0.4, 0.5) is 0 Å². The third kappa shape index (κ3) is 4.29. The Balaban J connectivity index is 1.18. The third-order valence-corrected chi connectivity index (χ3v) is 6.72. The Kier molecular flexibility index (Phi) is 5.34. The summed E-state index contributed by atoms with van der Waals surface area (Å²) in [7, 11) is 0. The van der Waals surface area contributed by atoms with E-state index < -0.39 is 0 Å². The zero-order chi connectivity index (χ0) is 20.5. The highest BCUT2D eigenvalue weighted by molar-refractivity contribution is 7.99. The predicted molar refractivity (Wildman–Crippen MR) is 119 cm³/mol. The number of rotatable bonds is 8. The molecular formula is C24H26N4OS. The van der Waals surface area contributed by atoms with Gasteiger partial charge in [0.2, 0.25) is 5.91 Å². The average molecular weight is 419 g/mol. The van der Waals surface area contributed by atoms with Gasteiger partial charge >= 0.3 is 0 Å². The van der Waals surface area contributed by atoms with Crippen LogP contribution in [0.3, 0.4) is 0 Å². The Morgan fingerprint density at radius 2 is 1.73 bits per heavy atom. The number of hydrogen-bond acceptors (Lipinski definition) is 4. The molecule has 2 fully saturated rings. The minimum Gasteiger partial charge on any atom is -0.349 e. The molecule has 6 heteroatoms. The van der Waals surface area contributed by atoms with Crippen LogP contribution in [0.1, 0.15) is 62.0 Å². The molecule has 1 amide bonds. The molecule has 2 aliphatic carbocycles. The molecule has 1 unspecified atom stereocenters. The maximum absolute atomic E-state index is 12.5. The van der Waals surface area contributed by atoms with Gasteiger partial charge in [-0.1, -0.05) is 66.4 Å². The fourth-order valence-electron chi connectivity index (χ4n) is 3.77. The number of nitrogens with zero attached hydrogens (tertiary/aromatic N) is 3. The van der Waals surface area contributed by atoms with Crippen molar-refractivity contribution in [1.82, 2.24) is 20.1 Å². The van der Waals surface area contributed by atoms with E-state index in [1.807, 2.05) is 25.1 Å². The van der Waals surface area contributed by atoms with Crippen LogP contribution in [-0.4, -0.2) is 26.4 Å². The number of aromatic nitrogens is 3. The lowest BCUT2D eigenvalue weighted by molar-refractivity contribution is -0.119. The summed E-state index contributed by atoms with van der Waals surface area (Å²) < 4.78 is 2.29. The summed E-state index contributed by atoms with van der Waals surface area (Å²) in [5.74, 6) is 2.10. The van der Waals surface area contributed by atoms with Crippen molar-refractivity contribution in [3.05, 3.63) is 66.0 Å². The van der Waals surface area contributed by atoms with Crippen molar-refractivity contribution in [2.75, 3.05) is 5.75 Å². The topological polar surface area (TPSA) is 59.8 Å². The van der Waals surface area contributed by atoms with E-state index in [9.17, 15) is 4.79 Å². The van der Waals surface area contributed by atoms with E-state index in [-0.39, 0.29) is 11.9 Å². The number of carbonyl (C=O) groups excluding carboxylic acids is 1. The quantitative estimate of drug-likeness (QED) is 0.516. The molecule has 2 aliphatic rings. The van der Waals surface area contributed by atoms with Crippen molar-refractivity contribution in [2.45, 2.75) is 55.8 Å². The van der Waals surface area contributed by atoms with Gasteiger partial charge in [-0.15, -0.1) is 10.2 Å². The van der Waals surface area contributed by atoms with Crippen LogP contribution >= 0.6 is 11.8 Å². The van der Waals surface area contributed by atoms with Crippen molar-refractivity contribution >= 4 is 17.7 Å². The van der Waals surface area contributed by atoms with Crippen LogP contribution in [0, 0.1) is 0 Å². The number of amides is 1. The van der Waals surface area contributed by atoms with Gasteiger partial charge in [0.25, 0.3) is 0 Å². The van der Waals surface area contributed by atoms with E-state index in [4.69, 9.17) is 0 Å². The fraction of sp³-hybridized carbons (Fsp3) is 0.375. The molecule has 30 heavy (non-hydrogen) atoms. The molecule has 0 bridgehead atoms. The highest BCUT2D eigenvalue weighted by Gasteiger charge is 2.36. The normalized spacial score (nSPS) is 17.0. The van der Waals surface area contributed by atoms with Crippen molar-refractivity contribution in [2.24, 2.45) is 0 Å². The molecule has 1 N–H and O–H groups in total. The van der Waals surface area contributed by atoms with Gasteiger partial charge in [-0.2, -0.15) is 0 Å². The Bertz CT molecular complexity index is 1020. The second kappa shape index (κ2) is 8.26. The minimum atomic E-state index is -0.0359. The predicted octanol–water partition coefficient (Wildman–Crippen LogP) is 5.13. The van der Waals surface area contributed by atoms with E-state index in [1.165, 1.54) is 48.6 Å². The van der Waals surface area contributed by atoms with Crippen molar-refractivity contribution in [3.63, 3.8) is 0 Å². The van der Waals surface area contributed by atoms with Gasteiger partial charge in [0, 0.05) is 12.0 Å². The molecule has 154 valence electrons. The van der Waals surface area contributed by atoms with E-state index in [0.717, 1.165) is 16.5 Å². The lowest BCUT2D eigenvalue weighted by atomic mass is 10.0. The zero-order valence-electron chi connectivity index (χ0n) is 17.1. The number of benzene rings is 2. The van der Waals surface area contributed by atoms with E-state index in [1.54, 1.807) is 0 Å². The Labute approximate surface area is 181 Å². The first-order chi connectivity index (χ1) is 14.7. The van der Waals surface area contributed by atoms with Gasteiger partial charge in [0.05, 0.1) is 11.8 Å². The Morgan fingerprint density at radius 1 is 1.03 bits per heavy atom. The molecule has 0 radical (unpaired) electrons. The molecule has 5 nitrogen and oxygen atoms in total. The lowest BCUT2D eigenvalue weighted by Crippen LogP contribution is -2.28. The molecule has 1 aromatic heterocycles. The van der Waals surface area contributed by atoms with Crippen LogP contribution in [0.5, 0.6) is 0 Å². The van der Waals surface area contributed by atoms with Gasteiger partial charge < -0.3 is 9.88 Å². The van der Waals surface area contributed by atoms with Crippen LogP contribution in [0.15, 0.2) is 59.8 Å². The van der Waals surface area contributed by atoms with Crippen LogP contribution in [0.2, 0.25) is 0 Å². The summed E-state index contributed by atoms with van der Waals surface area (Å²) in [6.45, 7) is 2.03. The summed E-state index contributed by atoms with van der Waals surface area (Å²) in [6.07, 6.45) is 4.84. The third-order valence-electron chi connectivity index (χ3n) is 5.77. The van der Waals surface area contributed by atoms with E-state index >= 15 is 0 Å². The smallest absolute Gasteiger partial charge is 0.230 e. The van der Waals surface area contributed by atoms with Crippen molar-refractivity contribution in [1.29, 1.82) is 0 Å². The van der Waals surface area contributed by atoms with E-state index in [2.05, 4.69) is 56.5 Å². The molecular weight excluding hydrogens is 392 g/mol. The monoisotopic (exact) mass is 418 g/mol. The largest absolute Gasteiger partial charge is 0.349 e. The lowest BCUT2D eigenvalue weighted by Gasteiger charge is -2.15. The molecule has 2 saturated carbocycles. The maximum atomic E-state index is 12.5. The van der Waals surface area contributed by atoms with Crippen LogP contribution in [0.25, 0.3) is 11.1 Å². The number of carbonyl (C=O) groups is 1. The molecule has 5 rings (SSSR count). The van der Waals surface area contributed by atoms with Gasteiger partial charge in [0.15, 0.2) is 5.16 Å². The molecule has 0 aliphatic heterocycles. The SMILES string of the molecule is CC(NC(=O)CSc1nnc(C2CC2)n1C1CC1)c1ccc(-c2ccccc2)cc1. The highest BCUT2D eigenvalue weighted by atomic mass is 32.2. The number of nitrogens with one attached hydrogen (secondary N) is 1. The summed E-state index contributed by atoms with van der Waals surface area (Å²) in [4.78, 5) is 12.5. The first kappa shape index (κ1) is 19.4. The Morgan fingerprint density at radius 3 is 2.40 bits per heavy atom. The van der Waals surface area contributed by atoms with Crippen molar-refractivity contribution in [3.8, 4) is 11.1 Å². The molecule has 1 atom stereocenters.